The fourth-order valence-electron chi connectivity index (χ4n) is 4.16. The lowest BCUT2D eigenvalue weighted by Crippen LogP contribution is -2.48. The standard InChI is InChI=1S/C24H24FN5OS/c1-17-13-20(21-14-26-30(23(21)27-17)16-19-6-4-12-32-19)24(31)29-10-8-28(9-11-29)15-18-5-2-3-7-22(18)25/h2-7,12-14H,8-11,15-16H2,1H3. The summed E-state index contributed by atoms with van der Waals surface area (Å²) < 4.78 is 15.8. The van der Waals surface area contributed by atoms with Crippen molar-refractivity contribution in [3.63, 3.8) is 0 Å². The molecule has 1 aliphatic heterocycles. The minimum Gasteiger partial charge on any atom is -0.336 e. The van der Waals surface area contributed by atoms with Gasteiger partial charge in [0.2, 0.25) is 0 Å². The molecule has 0 atom stereocenters. The molecule has 164 valence electrons. The van der Waals surface area contributed by atoms with Gasteiger partial charge in [0.15, 0.2) is 5.65 Å². The molecular weight excluding hydrogens is 425 g/mol. The molecule has 1 saturated heterocycles. The predicted octanol–water partition coefficient (Wildman–Crippen LogP) is 3.95. The van der Waals surface area contributed by atoms with E-state index in [1.165, 1.54) is 10.9 Å². The van der Waals surface area contributed by atoms with Crippen molar-refractivity contribution >= 4 is 28.3 Å². The van der Waals surface area contributed by atoms with Crippen LogP contribution in [0.4, 0.5) is 4.39 Å². The van der Waals surface area contributed by atoms with Crippen LogP contribution in [0, 0.1) is 12.7 Å². The normalized spacial score (nSPS) is 14.9. The van der Waals surface area contributed by atoms with Gasteiger partial charge in [-0.3, -0.25) is 9.69 Å². The Morgan fingerprint density at radius 2 is 1.91 bits per heavy atom. The minimum absolute atomic E-state index is 0.00159. The van der Waals surface area contributed by atoms with Gasteiger partial charge in [-0.2, -0.15) is 5.10 Å². The zero-order chi connectivity index (χ0) is 22.1. The van der Waals surface area contributed by atoms with Gasteiger partial charge in [0.05, 0.1) is 23.7 Å². The average molecular weight is 450 g/mol. The maximum Gasteiger partial charge on any atom is 0.254 e. The summed E-state index contributed by atoms with van der Waals surface area (Å²) in [5, 5.41) is 7.34. The summed E-state index contributed by atoms with van der Waals surface area (Å²) in [5.74, 6) is -0.179. The maximum absolute atomic E-state index is 14.0. The number of hydrogen-bond acceptors (Lipinski definition) is 5. The number of thiophene rings is 1. The van der Waals surface area contributed by atoms with Crippen LogP contribution >= 0.6 is 11.3 Å². The highest BCUT2D eigenvalue weighted by Crippen LogP contribution is 2.23. The zero-order valence-corrected chi connectivity index (χ0v) is 18.7. The summed E-state index contributed by atoms with van der Waals surface area (Å²) in [6, 6.07) is 12.8. The summed E-state index contributed by atoms with van der Waals surface area (Å²) in [6.45, 7) is 5.75. The number of aryl methyl sites for hydroxylation is 1. The zero-order valence-electron chi connectivity index (χ0n) is 17.9. The number of hydrogen-bond donors (Lipinski definition) is 0. The van der Waals surface area contributed by atoms with Crippen molar-refractivity contribution in [1.82, 2.24) is 24.6 Å². The van der Waals surface area contributed by atoms with E-state index < -0.39 is 0 Å². The van der Waals surface area contributed by atoms with Crippen molar-refractivity contribution in [2.24, 2.45) is 0 Å². The van der Waals surface area contributed by atoms with Gasteiger partial charge in [-0.15, -0.1) is 11.3 Å². The van der Waals surface area contributed by atoms with E-state index in [1.54, 1.807) is 23.6 Å². The van der Waals surface area contributed by atoms with Crippen LogP contribution in [0.5, 0.6) is 0 Å². The van der Waals surface area contributed by atoms with E-state index in [4.69, 9.17) is 0 Å². The van der Waals surface area contributed by atoms with Crippen LogP contribution in [0.3, 0.4) is 0 Å². The SMILES string of the molecule is Cc1cc(C(=O)N2CCN(Cc3ccccc3F)CC2)c2cnn(Cc3cccs3)c2n1. The van der Waals surface area contributed by atoms with Crippen LogP contribution in [-0.4, -0.2) is 56.7 Å². The van der Waals surface area contributed by atoms with Gasteiger partial charge >= 0.3 is 0 Å². The Labute approximate surface area is 189 Å². The average Bonchev–Trinajstić information content (AvgIpc) is 3.46. The molecule has 4 aromatic rings. The fraction of sp³-hybridized carbons (Fsp3) is 0.292. The summed E-state index contributed by atoms with van der Waals surface area (Å²) in [6.07, 6.45) is 1.75. The van der Waals surface area contributed by atoms with Crippen molar-refractivity contribution in [3.05, 3.63) is 81.6 Å². The van der Waals surface area contributed by atoms with Gasteiger partial charge in [-0.05, 0) is 30.5 Å². The first kappa shape index (κ1) is 20.8. The molecule has 0 spiro atoms. The summed E-state index contributed by atoms with van der Waals surface area (Å²) in [4.78, 5) is 23.3. The number of halogens is 1. The molecule has 0 radical (unpaired) electrons. The van der Waals surface area contributed by atoms with Crippen LogP contribution in [0.2, 0.25) is 0 Å². The van der Waals surface area contributed by atoms with Gasteiger partial charge in [0, 0.05) is 48.9 Å². The Hall–Kier alpha value is -3.10. The lowest BCUT2D eigenvalue weighted by molar-refractivity contribution is 0.0629. The number of pyridine rings is 1. The van der Waals surface area contributed by atoms with E-state index in [-0.39, 0.29) is 11.7 Å². The first-order valence-electron chi connectivity index (χ1n) is 10.7. The Morgan fingerprint density at radius 3 is 2.66 bits per heavy atom. The number of fused-ring (bicyclic) bond motifs is 1. The van der Waals surface area contributed by atoms with Gasteiger partial charge in [-0.1, -0.05) is 24.3 Å². The molecule has 4 heterocycles. The van der Waals surface area contributed by atoms with Crippen molar-refractivity contribution in [2.45, 2.75) is 20.0 Å². The molecule has 0 aliphatic carbocycles. The third-order valence-electron chi connectivity index (χ3n) is 5.86. The largest absolute Gasteiger partial charge is 0.336 e. The van der Waals surface area contributed by atoms with Gasteiger partial charge < -0.3 is 4.90 Å². The van der Waals surface area contributed by atoms with Gasteiger partial charge in [-0.25, -0.2) is 14.1 Å². The number of amides is 1. The maximum atomic E-state index is 14.0. The van der Waals surface area contributed by atoms with Crippen LogP contribution in [0.15, 0.2) is 54.0 Å². The Balaban J connectivity index is 1.32. The lowest BCUT2D eigenvalue weighted by atomic mass is 10.1. The molecule has 1 aliphatic rings. The third-order valence-corrected chi connectivity index (χ3v) is 6.73. The summed E-state index contributed by atoms with van der Waals surface area (Å²) >= 11 is 1.68. The highest BCUT2D eigenvalue weighted by atomic mass is 32.1. The summed E-state index contributed by atoms with van der Waals surface area (Å²) in [7, 11) is 0. The summed E-state index contributed by atoms with van der Waals surface area (Å²) in [5.41, 5.74) is 2.87. The van der Waals surface area contributed by atoms with E-state index in [9.17, 15) is 9.18 Å². The molecule has 0 bridgehead atoms. The molecule has 6 nitrogen and oxygen atoms in total. The first-order chi connectivity index (χ1) is 15.6. The van der Waals surface area contributed by atoms with Crippen LogP contribution in [0.25, 0.3) is 11.0 Å². The lowest BCUT2D eigenvalue weighted by Gasteiger charge is -2.35. The van der Waals surface area contributed by atoms with E-state index in [1.807, 2.05) is 46.2 Å². The number of nitrogens with zero attached hydrogens (tertiary/aromatic N) is 5. The molecule has 8 heteroatoms. The molecule has 0 unspecified atom stereocenters. The molecule has 32 heavy (non-hydrogen) atoms. The topological polar surface area (TPSA) is 54.3 Å². The molecule has 1 aromatic carbocycles. The molecule has 0 saturated carbocycles. The number of carbonyl (C=O) groups is 1. The second kappa shape index (κ2) is 8.80. The van der Waals surface area contributed by atoms with Gasteiger partial charge in [0.25, 0.3) is 5.91 Å². The Morgan fingerprint density at radius 1 is 1.09 bits per heavy atom. The highest BCUT2D eigenvalue weighted by Gasteiger charge is 2.25. The second-order valence-corrected chi connectivity index (χ2v) is 9.12. The van der Waals surface area contributed by atoms with Crippen LogP contribution in [-0.2, 0) is 13.1 Å². The number of carbonyl (C=O) groups excluding carboxylic acids is 1. The van der Waals surface area contributed by atoms with Crippen LogP contribution < -0.4 is 0 Å². The molecule has 3 aromatic heterocycles. The number of piperazine rings is 1. The van der Waals surface area contributed by atoms with E-state index >= 15 is 0 Å². The van der Waals surface area contributed by atoms with Crippen molar-refractivity contribution in [1.29, 1.82) is 0 Å². The smallest absolute Gasteiger partial charge is 0.254 e. The second-order valence-electron chi connectivity index (χ2n) is 8.09. The predicted molar refractivity (Wildman–Crippen MR) is 123 cm³/mol. The van der Waals surface area contributed by atoms with Crippen molar-refractivity contribution < 1.29 is 9.18 Å². The molecule has 1 amide bonds. The first-order valence-corrected chi connectivity index (χ1v) is 11.6. The monoisotopic (exact) mass is 449 g/mol. The Kier molecular flexibility index (Phi) is 5.71. The Bertz CT molecular complexity index is 1240. The molecule has 0 N–H and O–H groups in total. The van der Waals surface area contributed by atoms with Crippen LogP contribution in [0.1, 0.15) is 26.5 Å². The van der Waals surface area contributed by atoms with E-state index in [2.05, 4.69) is 21.0 Å². The minimum atomic E-state index is -0.180. The molecular formula is C24H24FN5OS. The van der Waals surface area contributed by atoms with E-state index in [0.717, 1.165) is 16.7 Å². The van der Waals surface area contributed by atoms with E-state index in [0.29, 0.717) is 50.4 Å². The van der Waals surface area contributed by atoms with Crippen molar-refractivity contribution in [3.8, 4) is 0 Å². The number of benzene rings is 1. The fourth-order valence-corrected chi connectivity index (χ4v) is 4.85. The van der Waals surface area contributed by atoms with Gasteiger partial charge in [0.1, 0.15) is 5.82 Å². The highest BCUT2D eigenvalue weighted by molar-refractivity contribution is 7.09. The number of aromatic nitrogens is 3. The third kappa shape index (κ3) is 4.16. The molecule has 1 fully saturated rings. The van der Waals surface area contributed by atoms with Crippen molar-refractivity contribution in [2.75, 3.05) is 26.2 Å². The molecule has 5 rings (SSSR count). The quantitative estimate of drug-likeness (QED) is 0.463. The number of rotatable bonds is 5.